The average molecular weight is 399 g/mol. The summed E-state index contributed by atoms with van der Waals surface area (Å²) >= 11 is 1.91. The summed E-state index contributed by atoms with van der Waals surface area (Å²) in [6.07, 6.45) is 6.05. The Hall–Kier alpha value is -1.28. The molecule has 0 aromatic rings. The predicted molar refractivity (Wildman–Crippen MR) is 109 cm³/mol. The molecule has 2 saturated heterocycles. The maximum Gasteiger partial charge on any atom is 0.315 e. The number of hydrogen-bond acceptors (Lipinski definition) is 5. The van der Waals surface area contributed by atoms with Crippen molar-refractivity contribution in [1.82, 2.24) is 21.3 Å². The van der Waals surface area contributed by atoms with Crippen LogP contribution in [0.1, 0.15) is 58.8 Å². The van der Waals surface area contributed by atoms with Crippen LogP contribution in [0.15, 0.2) is 0 Å². The molecule has 3 amide bonds. The largest absolute Gasteiger partial charge is 0.356 e. The molecule has 4 atom stereocenters. The molecule has 0 aromatic carbocycles. The summed E-state index contributed by atoms with van der Waals surface area (Å²) < 4.78 is 0. The number of fused-ring (bicyclic) bond motifs is 1. The van der Waals surface area contributed by atoms with Crippen molar-refractivity contribution in [1.29, 1.82) is 0 Å². The molecule has 0 aliphatic carbocycles. The fourth-order valence-corrected chi connectivity index (χ4v) is 5.68. The second kappa shape index (κ2) is 10.3. The monoisotopic (exact) mass is 398 g/mol. The van der Waals surface area contributed by atoms with E-state index in [-0.39, 0.29) is 35.3 Å². The van der Waals surface area contributed by atoms with Gasteiger partial charge < -0.3 is 21.3 Å². The Kier molecular flexibility index (Phi) is 8.41. The maximum atomic E-state index is 11.9. The Morgan fingerprint density at radius 3 is 2.78 bits per heavy atom. The van der Waals surface area contributed by atoms with Crippen LogP contribution in [0.2, 0.25) is 0 Å². The molecule has 27 heavy (non-hydrogen) atoms. The summed E-state index contributed by atoms with van der Waals surface area (Å²) in [6.45, 7) is 4.39. The summed E-state index contributed by atoms with van der Waals surface area (Å²) in [5.74, 6) is 1.22. The first-order chi connectivity index (χ1) is 12.9. The van der Waals surface area contributed by atoms with Gasteiger partial charge in [0.05, 0.1) is 17.6 Å². The first-order valence-electron chi connectivity index (χ1n) is 10.0. The van der Waals surface area contributed by atoms with Crippen molar-refractivity contribution in [3.05, 3.63) is 0 Å². The van der Waals surface area contributed by atoms with E-state index in [2.05, 4.69) is 28.2 Å². The van der Waals surface area contributed by atoms with Crippen molar-refractivity contribution in [3.63, 3.8) is 0 Å². The lowest BCUT2D eigenvalue weighted by Gasteiger charge is -2.29. The zero-order chi connectivity index (χ0) is 19.9. The lowest BCUT2D eigenvalue weighted by Crippen LogP contribution is -2.50. The van der Waals surface area contributed by atoms with Crippen LogP contribution in [0, 0.1) is 0 Å². The van der Waals surface area contributed by atoms with Gasteiger partial charge in [-0.05, 0) is 53.0 Å². The molecule has 0 saturated carbocycles. The number of nitrogens with one attached hydrogen (secondary N) is 4. The SMILES string of the molecule is CN[C@@H](CCCCNC(=O)CCCCC1SC[C@H]2NC(=O)N[C@@]12C)C(C)=O. The molecule has 8 heteroatoms. The molecule has 0 aromatic heterocycles. The minimum atomic E-state index is -0.158. The highest BCUT2D eigenvalue weighted by atomic mass is 32.2. The molecule has 154 valence electrons. The molecule has 4 N–H and O–H groups in total. The molecule has 2 heterocycles. The van der Waals surface area contributed by atoms with Crippen LogP contribution in [-0.4, -0.2) is 59.9 Å². The Labute approximate surface area is 166 Å². The number of rotatable bonds is 12. The number of urea groups is 1. The molecule has 0 radical (unpaired) electrons. The normalized spacial score (nSPS) is 27.6. The number of Topliss-reactive ketones (excluding diaryl/α,β-unsaturated/α-hetero) is 1. The van der Waals surface area contributed by atoms with E-state index in [0.29, 0.717) is 18.2 Å². The van der Waals surface area contributed by atoms with Crippen LogP contribution in [0.25, 0.3) is 0 Å². The molecule has 2 rings (SSSR count). The van der Waals surface area contributed by atoms with Crippen LogP contribution < -0.4 is 21.3 Å². The van der Waals surface area contributed by atoms with E-state index >= 15 is 0 Å². The van der Waals surface area contributed by atoms with Crippen molar-refractivity contribution in [2.75, 3.05) is 19.3 Å². The Morgan fingerprint density at radius 1 is 1.30 bits per heavy atom. The van der Waals surface area contributed by atoms with E-state index in [1.54, 1.807) is 14.0 Å². The highest BCUT2D eigenvalue weighted by Crippen LogP contribution is 2.40. The van der Waals surface area contributed by atoms with Gasteiger partial charge in [0.2, 0.25) is 5.91 Å². The van der Waals surface area contributed by atoms with Gasteiger partial charge in [-0.3, -0.25) is 9.59 Å². The van der Waals surface area contributed by atoms with Crippen molar-refractivity contribution in [2.45, 2.75) is 81.7 Å². The minimum absolute atomic E-state index is 0.0588. The summed E-state index contributed by atoms with van der Waals surface area (Å²) in [6, 6.07) is 0.0841. The lowest BCUT2D eigenvalue weighted by atomic mass is 9.88. The third-order valence-corrected chi connectivity index (χ3v) is 7.40. The van der Waals surface area contributed by atoms with Crippen LogP contribution in [0.5, 0.6) is 0 Å². The first-order valence-corrected chi connectivity index (χ1v) is 11.1. The first kappa shape index (κ1) is 22.0. The van der Waals surface area contributed by atoms with Gasteiger partial charge in [0, 0.05) is 24.0 Å². The van der Waals surface area contributed by atoms with Crippen LogP contribution in [0.4, 0.5) is 4.79 Å². The molecule has 2 aliphatic heterocycles. The number of thioether (sulfide) groups is 1. The van der Waals surface area contributed by atoms with E-state index in [0.717, 1.165) is 44.3 Å². The molecule has 2 aliphatic rings. The third kappa shape index (κ3) is 6.10. The Morgan fingerprint density at radius 2 is 2.07 bits per heavy atom. The summed E-state index contributed by atoms with van der Waals surface area (Å²) in [5.41, 5.74) is -0.158. The number of carbonyl (C=O) groups is 3. The van der Waals surface area contributed by atoms with Crippen molar-refractivity contribution >= 4 is 29.5 Å². The van der Waals surface area contributed by atoms with Gasteiger partial charge in [0.25, 0.3) is 0 Å². The number of ketones is 1. The van der Waals surface area contributed by atoms with Gasteiger partial charge >= 0.3 is 6.03 Å². The summed E-state index contributed by atoms with van der Waals surface area (Å²) in [4.78, 5) is 34.8. The smallest absolute Gasteiger partial charge is 0.315 e. The highest BCUT2D eigenvalue weighted by Gasteiger charge is 2.52. The van der Waals surface area contributed by atoms with Crippen LogP contribution >= 0.6 is 11.8 Å². The second-order valence-corrected chi connectivity index (χ2v) is 9.03. The quantitative estimate of drug-likeness (QED) is 0.295. The number of hydrogen-bond donors (Lipinski definition) is 4. The van der Waals surface area contributed by atoms with E-state index in [1.807, 2.05) is 11.8 Å². The van der Waals surface area contributed by atoms with Crippen molar-refractivity contribution in [2.24, 2.45) is 0 Å². The number of carbonyl (C=O) groups excluding carboxylic acids is 3. The summed E-state index contributed by atoms with van der Waals surface area (Å²) in [5, 5.41) is 12.4. The van der Waals surface area contributed by atoms with Crippen molar-refractivity contribution in [3.8, 4) is 0 Å². The van der Waals surface area contributed by atoms with E-state index in [4.69, 9.17) is 0 Å². The van der Waals surface area contributed by atoms with E-state index in [9.17, 15) is 14.4 Å². The Bertz CT molecular complexity index is 545. The van der Waals surface area contributed by atoms with Crippen LogP contribution in [0.3, 0.4) is 0 Å². The van der Waals surface area contributed by atoms with Crippen LogP contribution in [-0.2, 0) is 9.59 Å². The highest BCUT2D eigenvalue weighted by molar-refractivity contribution is 8.00. The molecule has 1 unspecified atom stereocenters. The fourth-order valence-electron chi connectivity index (χ4n) is 3.92. The van der Waals surface area contributed by atoms with Gasteiger partial charge in [-0.1, -0.05) is 6.42 Å². The predicted octanol–water partition coefficient (Wildman–Crippen LogP) is 1.57. The number of amides is 3. The average Bonchev–Trinajstić information content (AvgIpc) is 3.06. The van der Waals surface area contributed by atoms with Gasteiger partial charge in [0.1, 0.15) is 5.78 Å². The number of unbranched alkanes of at least 4 members (excludes halogenated alkanes) is 2. The second-order valence-electron chi connectivity index (χ2n) is 7.80. The summed E-state index contributed by atoms with van der Waals surface area (Å²) in [7, 11) is 1.80. The molecular formula is C19H34N4O3S. The van der Waals surface area contributed by atoms with Crippen molar-refractivity contribution < 1.29 is 14.4 Å². The van der Waals surface area contributed by atoms with Gasteiger partial charge in [0.15, 0.2) is 0 Å². The molecule has 0 spiro atoms. The zero-order valence-corrected chi connectivity index (χ0v) is 17.5. The maximum absolute atomic E-state index is 11.9. The zero-order valence-electron chi connectivity index (χ0n) is 16.7. The topological polar surface area (TPSA) is 99.3 Å². The van der Waals surface area contributed by atoms with E-state index in [1.165, 1.54) is 0 Å². The molecular weight excluding hydrogens is 364 g/mol. The minimum Gasteiger partial charge on any atom is -0.356 e. The lowest BCUT2D eigenvalue weighted by molar-refractivity contribution is -0.121. The van der Waals surface area contributed by atoms with Gasteiger partial charge in [-0.25, -0.2) is 4.79 Å². The molecule has 0 bridgehead atoms. The fraction of sp³-hybridized carbons (Fsp3) is 0.842. The number of likely N-dealkylation sites (N-methyl/N-ethyl adjacent to an activating group) is 1. The Balaban J connectivity index is 1.52. The standard InChI is InChI=1S/C19H34N4O3S/c1-13(24)14(20-3)8-6-7-11-21-17(25)10-5-4-9-16-19(2)15(12-27-16)22-18(26)23-19/h14-16,20H,4-12H2,1-3H3,(H,21,25)(H2,22,23,26)/t14-,15+,16?,19+/m0/s1. The van der Waals surface area contributed by atoms with Gasteiger partial charge in [-0.15, -0.1) is 0 Å². The van der Waals surface area contributed by atoms with E-state index < -0.39 is 0 Å². The molecule has 2 fully saturated rings. The third-order valence-electron chi connectivity index (χ3n) is 5.75. The van der Waals surface area contributed by atoms with Gasteiger partial charge in [-0.2, -0.15) is 11.8 Å². The molecule has 7 nitrogen and oxygen atoms in total.